The molecule has 0 bridgehead atoms. The van der Waals surface area contributed by atoms with E-state index in [0.717, 1.165) is 90.3 Å². The van der Waals surface area contributed by atoms with Gasteiger partial charge in [-0.2, -0.15) is 0 Å². The van der Waals surface area contributed by atoms with Gasteiger partial charge in [0.15, 0.2) is 5.96 Å². The predicted molar refractivity (Wildman–Crippen MR) is 139 cm³/mol. The summed E-state index contributed by atoms with van der Waals surface area (Å²) in [5, 5.41) is 6.87. The van der Waals surface area contributed by atoms with Crippen LogP contribution in [0.4, 0.5) is 0 Å². The maximum Gasteiger partial charge on any atom is 0.225 e. The van der Waals surface area contributed by atoms with Crippen molar-refractivity contribution in [2.45, 2.75) is 70.8 Å². The van der Waals surface area contributed by atoms with Gasteiger partial charge in [-0.15, -0.1) is 24.0 Å². The number of hydrogen-bond acceptors (Lipinski definition) is 4. The first kappa shape index (κ1) is 27.1. The van der Waals surface area contributed by atoms with Gasteiger partial charge in [-0.1, -0.05) is 19.3 Å². The highest BCUT2D eigenvalue weighted by Crippen LogP contribution is 2.26. The van der Waals surface area contributed by atoms with Gasteiger partial charge in [0, 0.05) is 44.7 Å². The highest BCUT2D eigenvalue weighted by atomic mass is 127. The number of carbonyl (C=O) groups is 2. The number of rotatable bonds is 8. The molecule has 8 nitrogen and oxygen atoms in total. The molecule has 0 aromatic rings. The van der Waals surface area contributed by atoms with Crippen LogP contribution in [0.2, 0.25) is 0 Å². The Morgan fingerprint density at radius 1 is 1.00 bits per heavy atom. The molecule has 1 aliphatic carbocycles. The second-order valence-electron chi connectivity index (χ2n) is 9.41. The summed E-state index contributed by atoms with van der Waals surface area (Å²) in [7, 11) is 0. The summed E-state index contributed by atoms with van der Waals surface area (Å²) in [5.74, 6) is 1.28. The number of likely N-dealkylation sites (tertiary alicyclic amines) is 2. The lowest BCUT2D eigenvalue weighted by molar-refractivity contribution is -0.135. The standard InChI is InChI=1S/C23H42N6O2.HI/c1-2-25-23(26-12-7-14-28-13-6-10-19(16-28)21(24)30)27-20-11-15-29(17-20)22(31)18-8-4-3-5-9-18;/h18-20H,2-17H2,1H3,(H2,24,30)(H2,25,26,27);1H. The van der Waals surface area contributed by atoms with Crippen molar-refractivity contribution < 1.29 is 9.59 Å². The molecular weight excluding hydrogens is 519 g/mol. The van der Waals surface area contributed by atoms with Crippen molar-refractivity contribution in [1.82, 2.24) is 20.4 Å². The van der Waals surface area contributed by atoms with Crippen molar-refractivity contribution in [3.05, 3.63) is 0 Å². The Bertz CT molecular complexity index is 626. The second kappa shape index (κ2) is 14.2. The Labute approximate surface area is 210 Å². The molecule has 2 atom stereocenters. The van der Waals surface area contributed by atoms with Crippen LogP contribution in [-0.2, 0) is 9.59 Å². The molecule has 4 N–H and O–H groups in total. The Morgan fingerprint density at radius 2 is 1.75 bits per heavy atom. The minimum absolute atomic E-state index is 0. The number of halogens is 1. The lowest BCUT2D eigenvalue weighted by atomic mass is 9.88. The summed E-state index contributed by atoms with van der Waals surface area (Å²) < 4.78 is 0. The molecule has 3 rings (SSSR count). The van der Waals surface area contributed by atoms with Crippen LogP contribution in [0.5, 0.6) is 0 Å². The molecule has 184 valence electrons. The van der Waals surface area contributed by atoms with E-state index in [-0.39, 0.29) is 47.8 Å². The van der Waals surface area contributed by atoms with Crippen LogP contribution in [0, 0.1) is 11.8 Å². The molecule has 0 aromatic carbocycles. The van der Waals surface area contributed by atoms with Crippen molar-refractivity contribution in [2.24, 2.45) is 22.6 Å². The summed E-state index contributed by atoms with van der Waals surface area (Å²) in [6.45, 7) is 8.02. The summed E-state index contributed by atoms with van der Waals surface area (Å²) >= 11 is 0. The van der Waals surface area contributed by atoms with E-state index in [2.05, 4.69) is 27.4 Å². The third-order valence-electron chi connectivity index (χ3n) is 6.95. The first-order chi connectivity index (χ1) is 15.1. The van der Waals surface area contributed by atoms with Crippen molar-refractivity contribution in [3.63, 3.8) is 0 Å². The molecule has 2 amide bonds. The van der Waals surface area contributed by atoms with E-state index in [4.69, 9.17) is 10.7 Å². The third kappa shape index (κ3) is 8.35. The van der Waals surface area contributed by atoms with Gasteiger partial charge in [-0.3, -0.25) is 14.6 Å². The number of nitrogens with zero attached hydrogens (tertiary/aromatic N) is 3. The molecular formula is C23H43IN6O2. The Balaban J connectivity index is 0.00000363. The van der Waals surface area contributed by atoms with Crippen LogP contribution in [0.25, 0.3) is 0 Å². The highest BCUT2D eigenvalue weighted by Gasteiger charge is 2.31. The molecule has 1 saturated carbocycles. The molecule has 0 aromatic heterocycles. The molecule has 3 aliphatic rings. The number of nitrogens with two attached hydrogens (primary N) is 1. The maximum atomic E-state index is 12.8. The van der Waals surface area contributed by atoms with Gasteiger partial charge in [0.05, 0.1) is 5.92 Å². The van der Waals surface area contributed by atoms with Crippen molar-refractivity contribution in [2.75, 3.05) is 45.8 Å². The lowest BCUT2D eigenvalue weighted by Crippen LogP contribution is -2.45. The molecule has 2 saturated heterocycles. The summed E-state index contributed by atoms with van der Waals surface area (Å²) in [5.41, 5.74) is 5.48. The summed E-state index contributed by atoms with van der Waals surface area (Å²) in [6.07, 6.45) is 9.69. The quantitative estimate of drug-likeness (QED) is 0.182. The van der Waals surface area contributed by atoms with E-state index in [0.29, 0.717) is 5.91 Å². The minimum atomic E-state index is -0.172. The van der Waals surface area contributed by atoms with Gasteiger partial charge in [0.1, 0.15) is 0 Å². The number of carbonyl (C=O) groups excluding carboxylic acids is 2. The zero-order valence-electron chi connectivity index (χ0n) is 19.7. The molecule has 9 heteroatoms. The normalized spacial score (nSPS) is 25.3. The van der Waals surface area contributed by atoms with Crippen LogP contribution in [0.15, 0.2) is 4.99 Å². The Morgan fingerprint density at radius 3 is 2.47 bits per heavy atom. The van der Waals surface area contributed by atoms with Gasteiger partial charge in [-0.05, 0) is 58.5 Å². The number of primary amides is 1. The van der Waals surface area contributed by atoms with E-state index in [9.17, 15) is 9.59 Å². The van der Waals surface area contributed by atoms with Crippen molar-refractivity contribution in [3.8, 4) is 0 Å². The van der Waals surface area contributed by atoms with E-state index in [1.807, 2.05) is 0 Å². The van der Waals surface area contributed by atoms with Crippen molar-refractivity contribution in [1.29, 1.82) is 0 Å². The monoisotopic (exact) mass is 562 g/mol. The molecule has 0 radical (unpaired) electrons. The van der Waals surface area contributed by atoms with E-state index in [1.54, 1.807) is 0 Å². The average molecular weight is 563 g/mol. The lowest BCUT2D eigenvalue weighted by Gasteiger charge is -2.30. The highest BCUT2D eigenvalue weighted by molar-refractivity contribution is 14.0. The topological polar surface area (TPSA) is 103 Å². The molecule has 2 aliphatic heterocycles. The SMILES string of the molecule is CCNC(=NCCCN1CCCC(C(N)=O)C1)NC1CCN(C(=O)C2CCCCC2)C1.I. The zero-order valence-corrected chi connectivity index (χ0v) is 22.0. The van der Waals surface area contributed by atoms with Gasteiger partial charge in [0.2, 0.25) is 11.8 Å². The van der Waals surface area contributed by atoms with Crippen LogP contribution < -0.4 is 16.4 Å². The van der Waals surface area contributed by atoms with Crippen molar-refractivity contribution >= 4 is 41.8 Å². The number of amides is 2. The first-order valence-electron chi connectivity index (χ1n) is 12.4. The minimum Gasteiger partial charge on any atom is -0.369 e. The fourth-order valence-electron chi connectivity index (χ4n) is 5.18. The molecule has 32 heavy (non-hydrogen) atoms. The average Bonchev–Trinajstić information content (AvgIpc) is 3.25. The molecule has 2 unspecified atom stereocenters. The zero-order chi connectivity index (χ0) is 22.1. The van der Waals surface area contributed by atoms with Crippen LogP contribution in [-0.4, -0.2) is 79.4 Å². The van der Waals surface area contributed by atoms with Gasteiger partial charge < -0.3 is 26.2 Å². The fraction of sp³-hybridized carbons (Fsp3) is 0.870. The first-order valence-corrected chi connectivity index (χ1v) is 12.4. The molecule has 2 heterocycles. The van der Waals surface area contributed by atoms with Gasteiger partial charge in [-0.25, -0.2) is 0 Å². The number of nitrogens with one attached hydrogen (secondary N) is 2. The maximum absolute atomic E-state index is 12.8. The largest absolute Gasteiger partial charge is 0.369 e. The van der Waals surface area contributed by atoms with E-state index in [1.165, 1.54) is 19.3 Å². The molecule has 3 fully saturated rings. The number of hydrogen-bond donors (Lipinski definition) is 3. The fourth-order valence-corrected chi connectivity index (χ4v) is 5.18. The van der Waals surface area contributed by atoms with E-state index >= 15 is 0 Å². The number of guanidine groups is 1. The third-order valence-corrected chi connectivity index (χ3v) is 6.95. The Hall–Kier alpha value is -1.10. The summed E-state index contributed by atoms with van der Waals surface area (Å²) in [4.78, 5) is 33.4. The summed E-state index contributed by atoms with van der Waals surface area (Å²) in [6, 6.07) is 0.267. The Kier molecular flexibility index (Phi) is 12.1. The molecule has 0 spiro atoms. The van der Waals surface area contributed by atoms with Crippen LogP contribution in [0.3, 0.4) is 0 Å². The van der Waals surface area contributed by atoms with E-state index < -0.39 is 0 Å². The van der Waals surface area contributed by atoms with Gasteiger partial charge in [0.25, 0.3) is 0 Å². The van der Waals surface area contributed by atoms with Gasteiger partial charge >= 0.3 is 0 Å². The van der Waals surface area contributed by atoms with Crippen LogP contribution in [0.1, 0.15) is 64.7 Å². The predicted octanol–water partition coefficient (Wildman–Crippen LogP) is 1.93. The second-order valence-corrected chi connectivity index (χ2v) is 9.41. The van der Waals surface area contributed by atoms with Crippen LogP contribution >= 0.6 is 24.0 Å². The number of piperidine rings is 1. The smallest absolute Gasteiger partial charge is 0.225 e. The number of aliphatic imine (C=N–C) groups is 1.